The van der Waals surface area contributed by atoms with Crippen LogP contribution in [-0.4, -0.2) is 37.0 Å². The molecule has 0 unspecified atom stereocenters. The zero-order chi connectivity index (χ0) is 12.8. The highest BCUT2D eigenvalue weighted by atomic mass is 31.1. The van der Waals surface area contributed by atoms with Gasteiger partial charge in [0.05, 0.1) is 0 Å². The Balaban J connectivity index is 1.66. The molecule has 18 heavy (non-hydrogen) atoms. The predicted molar refractivity (Wildman–Crippen MR) is 89.2 cm³/mol. The molecule has 106 valence electrons. The molecule has 0 nitrogen and oxygen atoms in total. The maximum absolute atomic E-state index is 2.61. The number of rotatable bonds is 5. The van der Waals surface area contributed by atoms with Gasteiger partial charge in [-0.3, -0.25) is 0 Å². The molecule has 2 heteroatoms. The normalized spacial score (nSPS) is 27.0. The van der Waals surface area contributed by atoms with Crippen LogP contribution in [0.15, 0.2) is 0 Å². The van der Waals surface area contributed by atoms with Crippen LogP contribution in [-0.2, 0) is 0 Å². The van der Waals surface area contributed by atoms with E-state index in [1.807, 2.05) is 0 Å². The van der Waals surface area contributed by atoms with Crippen LogP contribution in [0.2, 0.25) is 0 Å². The minimum Gasteiger partial charge on any atom is -0.106 e. The van der Waals surface area contributed by atoms with Crippen molar-refractivity contribution in [2.75, 3.05) is 25.7 Å². The second-order valence-corrected chi connectivity index (χ2v) is 11.9. The van der Waals surface area contributed by atoms with Gasteiger partial charge >= 0.3 is 0 Å². The molecule has 0 amide bonds. The van der Waals surface area contributed by atoms with Crippen LogP contribution in [0.25, 0.3) is 0 Å². The summed E-state index contributed by atoms with van der Waals surface area (Å²) in [4.78, 5) is 0. The van der Waals surface area contributed by atoms with E-state index in [2.05, 4.69) is 13.3 Å². The fraction of sp³-hybridized carbons (Fsp3) is 1.00. The molecule has 0 aromatic rings. The largest absolute Gasteiger partial charge is 0.106 e. The topological polar surface area (TPSA) is 0 Å². The van der Waals surface area contributed by atoms with E-state index in [-0.39, 0.29) is 0 Å². The molecule has 2 saturated carbocycles. The highest BCUT2D eigenvalue weighted by molar-refractivity contribution is 7.61. The van der Waals surface area contributed by atoms with Crippen LogP contribution in [0.5, 0.6) is 0 Å². The Hall–Kier alpha value is 0.860. The Morgan fingerprint density at radius 2 is 0.944 bits per heavy atom. The average molecular weight is 286 g/mol. The van der Waals surface area contributed by atoms with E-state index < -0.39 is 0 Å². The second-order valence-electron chi connectivity index (χ2n) is 6.54. The van der Waals surface area contributed by atoms with Crippen LogP contribution >= 0.6 is 15.8 Å². The van der Waals surface area contributed by atoms with E-state index in [0.717, 1.165) is 11.3 Å². The first-order valence-electron chi connectivity index (χ1n) is 8.18. The predicted octanol–water partition coefficient (Wildman–Crippen LogP) is 5.88. The molecule has 0 spiro atoms. The smallest absolute Gasteiger partial charge is 0.0212 e. The van der Waals surface area contributed by atoms with Gasteiger partial charge in [-0.2, -0.15) is 0 Å². The molecule has 0 bridgehead atoms. The molecule has 0 heterocycles. The molecule has 2 aliphatic rings. The van der Waals surface area contributed by atoms with Crippen LogP contribution in [0.1, 0.15) is 64.2 Å². The van der Waals surface area contributed by atoms with Gasteiger partial charge in [-0.05, 0) is 62.7 Å². The van der Waals surface area contributed by atoms with Crippen molar-refractivity contribution in [3.05, 3.63) is 0 Å². The molecular formula is C16H32P2. The van der Waals surface area contributed by atoms with Gasteiger partial charge in [-0.15, -0.1) is 15.8 Å². The lowest BCUT2D eigenvalue weighted by atomic mass is 10.0. The van der Waals surface area contributed by atoms with E-state index in [1.54, 1.807) is 38.0 Å². The van der Waals surface area contributed by atoms with Crippen LogP contribution in [0, 0.1) is 0 Å². The van der Waals surface area contributed by atoms with Crippen molar-refractivity contribution in [3.63, 3.8) is 0 Å². The molecule has 0 aliphatic heterocycles. The number of hydrogen-bond acceptors (Lipinski definition) is 0. The Morgan fingerprint density at radius 1 is 0.611 bits per heavy atom. The van der Waals surface area contributed by atoms with Crippen molar-refractivity contribution in [2.45, 2.75) is 75.5 Å². The van der Waals surface area contributed by atoms with E-state index in [4.69, 9.17) is 0 Å². The standard InChI is InChI=1S/C16H32P2/c1-17(15-9-5-3-6-10-15)13-14-18(2)16-11-7-4-8-12-16/h15-16H,3-14H2,1-2H3/t17-,18-/m0/s1. The number of hydrogen-bond donors (Lipinski definition) is 0. The van der Waals surface area contributed by atoms with Crippen molar-refractivity contribution < 1.29 is 0 Å². The first kappa shape index (κ1) is 15.3. The highest BCUT2D eigenvalue weighted by Gasteiger charge is 2.23. The van der Waals surface area contributed by atoms with Crippen molar-refractivity contribution >= 4 is 15.8 Å². The Labute approximate surface area is 117 Å². The highest BCUT2D eigenvalue weighted by Crippen LogP contribution is 2.50. The summed E-state index contributed by atoms with van der Waals surface area (Å²) in [5.74, 6) is 0. The van der Waals surface area contributed by atoms with Crippen molar-refractivity contribution in [1.82, 2.24) is 0 Å². The van der Waals surface area contributed by atoms with Gasteiger partial charge < -0.3 is 0 Å². The molecule has 0 aromatic carbocycles. The monoisotopic (exact) mass is 286 g/mol. The lowest BCUT2D eigenvalue weighted by Crippen LogP contribution is -2.15. The third kappa shape index (κ3) is 4.76. The van der Waals surface area contributed by atoms with E-state index in [0.29, 0.717) is 15.8 Å². The van der Waals surface area contributed by atoms with Gasteiger partial charge in [-0.1, -0.05) is 38.5 Å². The van der Waals surface area contributed by atoms with Gasteiger partial charge in [0.1, 0.15) is 0 Å². The average Bonchev–Trinajstić information content (AvgIpc) is 2.46. The van der Waals surface area contributed by atoms with Gasteiger partial charge in [0, 0.05) is 0 Å². The molecule has 2 fully saturated rings. The first-order chi connectivity index (χ1) is 8.77. The van der Waals surface area contributed by atoms with E-state index in [1.165, 1.54) is 38.5 Å². The Kier molecular flexibility index (Phi) is 6.96. The lowest BCUT2D eigenvalue weighted by Gasteiger charge is -2.32. The van der Waals surface area contributed by atoms with Gasteiger partial charge in [0.25, 0.3) is 0 Å². The summed E-state index contributed by atoms with van der Waals surface area (Å²) in [5.41, 5.74) is 2.28. The van der Waals surface area contributed by atoms with Crippen LogP contribution in [0.3, 0.4) is 0 Å². The summed E-state index contributed by atoms with van der Waals surface area (Å²) in [6.07, 6.45) is 18.6. The maximum atomic E-state index is 2.61. The molecule has 0 radical (unpaired) electrons. The van der Waals surface area contributed by atoms with E-state index >= 15 is 0 Å². The zero-order valence-corrected chi connectivity index (χ0v) is 14.3. The fourth-order valence-electron chi connectivity index (χ4n) is 3.72. The molecule has 0 aromatic heterocycles. The quantitative estimate of drug-likeness (QED) is 0.554. The van der Waals surface area contributed by atoms with Crippen LogP contribution < -0.4 is 0 Å². The third-order valence-electron chi connectivity index (χ3n) is 5.20. The minimum atomic E-state index is 0.364. The summed E-state index contributed by atoms with van der Waals surface area (Å²) in [6.45, 7) is 5.21. The molecule has 2 aliphatic carbocycles. The molecule has 2 atom stereocenters. The molecule has 0 saturated heterocycles. The summed E-state index contributed by atoms with van der Waals surface area (Å²) in [5, 5.41) is 0. The first-order valence-corrected chi connectivity index (χ1v) is 12.3. The molecular weight excluding hydrogens is 254 g/mol. The van der Waals surface area contributed by atoms with Crippen molar-refractivity contribution in [2.24, 2.45) is 0 Å². The van der Waals surface area contributed by atoms with Gasteiger partial charge in [0.2, 0.25) is 0 Å². The SMILES string of the molecule is C[P@@](CC[P@](C)C1CCCCC1)C1CCCCC1. The molecule has 0 N–H and O–H groups in total. The van der Waals surface area contributed by atoms with Crippen molar-refractivity contribution in [1.29, 1.82) is 0 Å². The van der Waals surface area contributed by atoms with Crippen molar-refractivity contribution in [3.8, 4) is 0 Å². The van der Waals surface area contributed by atoms with Gasteiger partial charge in [-0.25, -0.2) is 0 Å². The minimum absolute atomic E-state index is 0.364. The van der Waals surface area contributed by atoms with Crippen LogP contribution in [0.4, 0.5) is 0 Å². The summed E-state index contributed by atoms with van der Waals surface area (Å²) in [6, 6.07) is 0. The summed E-state index contributed by atoms with van der Waals surface area (Å²) >= 11 is 0. The lowest BCUT2D eigenvalue weighted by molar-refractivity contribution is 0.510. The Morgan fingerprint density at radius 3 is 1.28 bits per heavy atom. The second kappa shape index (κ2) is 8.21. The Bertz CT molecular complexity index is 193. The van der Waals surface area contributed by atoms with E-state index in [9.17, 15) is 0 Å². The zero-order valence-electron chi connectivity index (χ0n) is 12.5. The van der Waals surface area contributed by atoms with Gasteiger partial charge in [0.15, 0.2) is 0 Å². The third-order valence-corrected chi connectivity index (χ3v) is 10.9. The fourth-order valence-corrected chi connectivity index (χ4v) is 9.47. The summed E-state index contributed by atoms with van der Waals surface area (Å²) < 4.78 is 0. The maximum Gasteiger partial charge on any atom is -0.0212 e. The summed E-state index contributed by atoms with van der Waals surface area (Å²) in [7, 11) is 0.728. The molecule has 2 rings (SSSR count).